The summed E-state index contributed by atoms with van der Waals surface area (Å²) in [4.78, 5) is 90.9. The van der Waals surface area contributed by atoms with Gasteiger partial charge in [-0.1, -0.05) is 13.8 Å². The first kappa shape index (κ1) is 30.8. The lowest BCUT2D eigenvalue weighted by Gasteiger charge is -2.26. The Hall–Kier alpha value is -4.44. The Kier molecular flexibility index (Phi) is 10.6. The van der Waals surface area contributed by atoms with E-state index >= 15 is 0 Å². The van der Waals surface area contributed by atoms with Gasteiger partial charge in [-0.05, 0) is 18.8 Å². The van der Waals surface area contributed by atoms with Gasteiger partial charge in [-0.15, -0.1) is 0 Å². The lowest BCUT2D eigenvalue weighted by Crippen LogP contribution is -2.57. The first-order valence-corrected chi connectivity index (χ1v) is 12.2. The number of fused-ring (bicyclic) bond motifs is 1. The fourth-order valence-electron chi connectivity index (χ4n) is 4.13. The molecular formula is C22H34N8O9. The van der Waals surface area contributed by atoms with Crippen molar-refractivity contribution >= 4 is 47.4 Å². The normalized spacial score (nSPS) is 28.1. The smallest absolute Gasteiger partial charge is 0.309 e. The van der Waals surface area contributed by atoms with E-state index in [-0.39, 0.29) is 25.3 Å². The first-order chi connectivity index (χ1) is 18.2. The zero-order valence-electron chi connectivity index (χ0n) is 21.4. The summed E-state index contributed by atoms with van der Waals surface area (Å²) < 4.78 is 0. The van der Waals surface area contributed by atoms with Crippen molar-refractivity contribution in [3.63, 3.8) is 0 Å². The van der Waals surface area contributed by atoms with Gasteiger partial charge in [0, 0.05) is 6.54 Å². The fraction of sp³-hybridized carbons (Fsp3) is 0.636. The number of nitrogens with one attached hydrogen (secondary N) is 5. The first-order valence-electron chi connectivity index (χ1n) is 12.2. The number of nitrogens with zero attached hydrogens (tertiary/aromatic N) is 1. The predicted octanol–water partition coefficient (Wildman–Crippen LogP) is -4.43. The van der Waals surface area contributed by atoms with Crippen LogP contribution >= 0.6 is 0 Å². The second-order valence-electron chi connectivity index (χ2n) is 9.60. The van der Waals surface area contributed by atoms with Crippen LogP contribution in [0.3, 0.4) is 0 Å². The highest BCUT2D eigenvalue weighted by Crippen LogP contribution is 2.40. The second kappa shape index (κ2) is 13.4. The van der Waals surface area contributed by atoms with Gasteiger partial charge in [0.05, 0.1) is 30.8 Å². The molecule has 17 heteroatoms. The van der Waals surface area contributed by atoms with E-state index in [0.717, 1.165) is 0 Å². The number of aliphatic imine (C=N–C) groups is 1. The Labute approximate surface area is 222 Å². The molecule has 0 radical (unpaired) electrons. The zero-order chi connectivity index (χ0) is 29.4. The molecular weight excluding hydrogens is 520 g/mol. The standard InChI is InChI=1S/C22H34N8O9/c1-8(2)15-20(37)28-9(4-3-5-25-22(23)24)17(34)26-7-11(31)27-10(6-12(32)33)18(35)30-16-13(19(36)29-15)14(16)21(38)39/h8-10,13-16H,3-7H2,1-2H3,(H,26,34)(H,27,31)(H,28,37)(H,29,36)(H,30,35)(H,32,33)(H,38,39)(H4,23,24,25)/t9-,10?,13+,14+,15-,16+/m0/s1. The molecule has 0 bridgehead atoms. The summed E-state index contributed by atoms with van der Waals surface area (Å²) in [6, 6.07) is -5.16. The van der Waals surface area contributed by atoms with Gasteiger partial charge in [0.15, 0.2) is 5.96 Å². The summed E-state index contributed by atoms with van der Waals surface area (Å²) >= 11 is 0. The summed E-state index contributed by atoms with van der Waals surface area (Å²) in [5.74, 6) is -10.3. The van der Waals surface area contributed by atoms with Crippen LogP contribution in [0.5, 0.6) is 0 Å². The summed E-state index contributed by atoms with van der Waals surface area (Å²) in [7, 11) is 0. The quantitative estimate of drug-likeness (QED) is 0.0783. The third-order valence-corrected chi connectivity index (χ3v) is 6.20. The van der Waals surface area contributed by atoms with Gasteiger partial charge >= 0.3 is 11.9 Å². The number of carboxylic acids is 2. The van der Waals surface area contributed by atoms with Crippen LogP contribution in [0.1, 0.15) is 33.1 Å². The minimum absolute atomic E-state index is 0.0462. The van der Waals surface area contributed by atoms with E-state index < -0.39 is 96.4 Å². The lowest BCUT2D eigenvalue weighted by atomic mass is 10.0. The largest absolute Gasteiger partial charge is 0.481 e. The molecule has 0 spiro atoms. The summed E-state index contributed by atoms with van der Waals surface area (Å²) in [6.45, 7) is 2.73. The van der Waals surface area contributed by atoms with E-state index in [4.69, 9.17) is 16.6 Å². The average Bonchev–Trinajstić information content (AvgIpc) is 3.55. The number of aliphatic carboxylic acids is 2. The highest BCUT2D eigenvalue weighted by atomic mass is 16.4. The zero-order valence-corrected chi connectivity index (χ0v) is 21.4. The van der Waals surface area contributed by atoms with E-state index in [2.05, 4.69) is 31.6 Å². The van der Waals surface area contributed by atoms with Gasteiger partial charge in [0.1, 0.15) is 18.1 Å². The molecule has 0 aromatic rings. The molecule has 2 rings (SSSR count). The third-order valence-electron chi connectivity index (χ3n) is 6.20. The van der Waals surface area contributed by atoms with Crippen molar-refractivity contribution in [2.75, 3.05) is 13.1 Å². The third kappa shape index (κ3) is 8.82. The molecule has 1 aliphatic heterocycles. The molecule has 1 saturated heterocycles. The van der Waals surface area contributed by atoms with Crippen molar-refractivity contribution in [3.05, 3.63) is 0 Å². The number of nitrogens with two attached hydrogens (primary N) is 2. The van der Waals surface area contributed by atoms with Crippen LogP contribution in [0, 0.1) is 17.8 Å². The number of hydrogen-bond donors (Lipinski definition) is 9. The Morgan fingerprint density at radius 2 is 1.59 bits per heavy atom. The van der Waals surface area contributed by atoms with Crippen LogP contribution in [-0.4, -0.2) is 94.9 Å². The van der Waals surface area contributed by atoms with Gasteiger partial charge in [-0.25, -0.2) is 0 Å². The molecule has 6 atom stereocenters. The van der Waals surface area contributed by atoms with Gasteiger partial charge in [0.2, 0.25) is 29.5 Å². The number of rotatable bonds is 8. The molecule has 2 aliphatic rings. The number of hydrogen-bond acceptors (Lipinski definition) is 8. The van der Waals surface area contributed by atoms with Crippen LogP contribution in [0.2, 0.25) is 0 Å². The maximum absolute atomic E-state index is 13.1. The van der Waals surface area contributed by atoms with Crippen molar-refractivity contribution in [2.24, 2.45) is 34.2 Å². The molecule has 1 saturated carbocycles. The van der Waals surface area contributed by atoms with Crippen LogP contribution in [-0.2, 0) is 33.6 Å². The summed E-state index contributed by atoms with van der Waals surface area (Å²) in [6.07, 6.45) is -0.539. The molecule has 2 fully saturated rings. The number of carbonyl (C=O) groups is 7. The number of carboxylic acid groups (broad SMARTS) is 2. The molecule has 5 amide bonds. The Morgan fingerprint density at radius 1 is 0.923 bits per heavy atom. The van der Waals surface area contributed by atoms with Gasteiger partial charge in [0.25, 0.3) is 0 Å². The van der Waals surface area contributed by atoms with E-state index in [0.29, 0.717) is 0 Å². The van der Waals surface area contributed by atoms with E-state index in [1.807, 2.05) is 0 Å². The SMILES string of the molecule is CC(C)[C@@H]1NC(=O)[C@H]2[C@@H](NC(=O)C(CC(=O)O)NC(=O)CNC(=O)[C@H](CCCN=C(N)N)NC1=O)[C@@H]2C(=O)O. The van der Waals surface area contributed by atoms with Crippen molar-refractivity contribution in [2.45, 2.75) is 57.3 Å². The predicted molar refractivity (Wildman–Crippen MR) is 132 cm³/mol. The molecule has 0 aromatic heterocycles. The molecule has 216 valence electrons. The molecule has 1 heterocycles. The number of carbonyl (C=O) groups excluding carboxylic acids is 5. The highest BCUT2D eigenvalue weighted by Gasteiger charge is 2.61. The maximum atomic E-state index is 13.1. The van der Waals surface area contributed by atoms with Crippen molar-refractivity contribution in [1.82, 2.24) is 26.6 Å². The van der Waals surface area contributed by atoms with Crippen molar-refractivity contribution < 1.29 is 43.8 Å². The summed E-state index contributed by atoms with van der Waals surface area (Å²) in [5.41, 5.74) is 10.6. The van der Waals surface area contributed by atoms with Crippen LogP contribution in [0.25, 0.3) is 0 Å². The molecule has 1 aliphatic carbocycles. The highest BCUT2D eigenvalue weighted by molar-refractivity contribution is 5.99. The molecule has 1 unspecified atom stereocenters. The molecule has 0 aromatic carbocycles. The summed E-state index contributed by atoms with van der Waals surface area (Å²) in [5, 5.41) is 30.5. The maximum Gasteiger partial charge on any atom is 0.309 e. The lowest BCUT2D eigenvalue weighted by molar-refractivity contribution is -0.141. The van der Waals surface area contributed by atoms with E-state index in [1.165, 1.54) is 0 Å². The van der Waals surface area contributed by atoms with Crippen LogP contribution < -0.4 is 38.1 Å². The van der Waals surface area contributed by atoms with Crippen molar-refractivity contribution in [1.29, 1.82) is 0 Å². The second-order valence-corrected chi connectivity index (χ2v) is 9.60. The van der Waals surface area contributed by atoms with Gasteiger partial charge in [-0.3, -0.25) is 38.6 Å². The average molecular weight is 555 g/mol. The number of amides is 5. The van der Waals surface area contributed by atoms with Crippen LogP contribution in [0.4, 0.5) is 0 Å². The fourth-order valence-corrected chi connectivity index (χ4v) is 4.13. The minimum atomic E-state index is -1.61. The molecule has 11 N–H and O–H groups in total. The Morgan fingerprint density at radius 3 is 2.15 bits per heavy atom. The van der Waals surface area contributed by atoms with Crippen molar-refractivity contribution in [3.8, 4) is 0 Å². The Bertz CT molecular complexity index is 1040. The molecule has 39 heavy (non-hydrogen) atoms. The van der Waals surface area contributed by atoms with Gasteiger partial charge < -0.3 is 48.3 Å². The van der Waals surface area contributed by atoms with Crippen LogP contribution in [0.15, 0.2) is 4.99 Å². The van der Waals surface area contributed by atoms with E-state index in [9.17, 15) is 38.7 Å². The topological polar surface area (TPSA) is 285 Å². The number of guanidine groups is 1. The molecule has 17 nitrogen and oxygen atoms in total. The minimum Gasteiger partial charge on any atom is -0.481 e. The van der Waals surface area contributed by atoms with E-state index in [1.54, 1.807) is 13.8 Å². The Balaban J connectivity index is 2.36. The van der Waals surface area contributed by atoms with Gasteiger partial charge in [-0.2, -0.15) is 0 Å². The monoisotopic (exact) mass is 554 g/mol.